The summed E-state index contributed by atoms with van der Waals surface area (Å²) in [5.74, 6) is 0.0152. The van der Waals surface area contributed by atoms with Crippen molar-refractivity contribution in [3.8, 4) is 0 Å². The second-order valence-corrected chi connectivity index (χ2v) is 6.44. The maximum absolute atomic E-state index is 12.4. The number of carbonyl (C=O) groups is 2. The van der Waals surface area contributed by atoms with Crippen molar-refractivity contribution in [3.05, 3.63) is 71.8 Å². The highest BCUT2D eigenvalue weighted by Crippen LogP contribution is 2.10. The average Bonchev–Trinajstić information content (AvgIpc) is 2.69. The number of rotatable bonds is 5. The molecule has 1 saturated heterocycles. The van der Waals surface area contributed by atoms with E-state index in [1.807, 2.05) is 53.4 Å². The lowest BCUT2D eigenvalue weighted by Crippen LogP contribution is -2.51. The lowest BCUT2D eigenvalue weighted by molar-refractivity contribution is 0.0889. The molecular formula is C20H20N2O2S. The van der Waals surface area contributed by atoms with E-state index >= 15 is 0 Å². The van der Waals surface area contributed by atoms with E-state index in [0.717, 1.165) is 18.7 Å². The summed E-state index contributed by atoms with van der Waals surface area (Å²) in [4.78, 5) is 29.1. The molecule has 0 radical (unpaired) electrons. The molecule has 1 fully saturated rings. The third kappa shape index (κ3) is 4.38. The summed E-state index contributed by atoms with van der Waals surface area (Å²) >= 11 is 5.37. The van der Waals surface area contributed by atoms with Gasteiger partial charge in [0, 0.05) is 37.3 Å². The summed E-state index contributed by atoms with van der Waals surface area (Å²) in [6.07, 6.45) is 0. The molecule has 2 aromatic rings. The van der Waals surface area contributed by atoms with Crippen LogP contribution in [0.5, 0.6) is 0 Å². The highest BCUT2D eigenvalue weighted by molar-refractivity contribution is 7.82. The molecule has 4 nitrogen and oxygen atoms in total. The predicted molar refractivity (Wildman–Crippen MR) is 102 cm³/mol. The summed E-state index contributed by atoms with van der Waals surface area (Å²) in [6, 6.07) is 18.4. The Morgan fingerprint density at radius 2 is 1.32 bits per heavy atom. The smallest absolute Gasteiger partial charge is 0.220 e. The second-order valence-electron chi connectivity index (χ2n) is 6.05. The Morgan fingerprint density at radius 1 is 0.800 bits per heavy atom. The Bertz CT molecular complexity index is 754. The van der Waals surface area contributed by atoms with E-state index in [1.54, 1.807) is 12.1 Å². The third-order valence-corrected chi connectivity index (χ3v) is 4.80. The number of piperazine rings is 1. The van der Waals surface area contributed by atoms with Crippen molar-refractivity contribution in [2.24, 2.45) is 0 Å². The molecule has 25 heavy (non-hydrogen) atoms. The first kappa shape index (κ1) is 17.5. The van der Waals surface area contributed by atoms with Crippen molar-refractivity contribution in [2.45, 2.75) is 0 Å². The lowest BCUT2D eigenvalue weighted by atomic mass is 10.1. The monoisotopic (exact) mass is 352 g/mol. The number of nitrogens with zero attached hydrogens (tertiary/aromatic N) is 2. The van der Waals surface area contributed by atoms with Crippen LogP contribution in [0.1, 0.15) is 20.7 Å². The van der Waals surface area contributed by atoms with Crippen molar-refractivity contribution in [3.63, 3.8) is 0 Å². The Hall–Kier alpha value is -2.37. The fourth-order valence-electron chi connectivity index (χ4n) is 2.88. The van der Waals surface area contributed by atoms with Gasteiger partial charge in [-0.15, -0.1) is 0 Å². The van der Waals surface area contributed by atoms with Gasteiger partial charge < -0.3 is 4.90 Å². The van der Waals surface area contributed by atoms with Crippen LogP contribution in [0.15, 0.2) is 60.7 Å². The highest BCUT2D eigenvalue weighted by atomic mass is 32.1. The van der Waals surface area contributed by atoms with Crippen LogP contribution in [-0.4, -0.2) is 59.1 Å². The predicted octanol–water partition coefficient (Wildman–Crippen LogP) is 2.70. The quantitative estimate of drug-likeness (QED) is 0.611. The maximum Gasteiger partial charge on any atom is 0.220 e. The van der Waals surface area contributed by atoms with Crippen LogP contribution in [0, 0.1) is 0 Å². The van der Waals surface area contributed by atoms with Crippen molar-refractivity contribution >= 4 is 28.8 Å². The first-order chi connectivity index (χ1) is 12.1. The molecule has 0 atom stereocenters. The van der Waals surface area contributed by atoms with Gasteiger partial charge in [0.05, 0.1) is 6.54 Å². The van der Waals surface area contributed by atoms with Gasteiger partial charge in [-0.25, -0.2) is 0 Å². The van der Waals surface area contributed by atoms with E-state index in [9.17, 15) is 9.59 Å². The van der Waals surface area contributed by atoms with E-state index in [0.29, 0.717) is 30.2 Å². The highest BCUT2D eigenvalue weighted by Gasteiger charge is 2.24. The number of ketones is 2. The normalized spacial score (nSPS) is 15.0. The van der Waals surface area contributed by atoms with Gasteiger partial charge in [-0.3, -0.25) is 14.5 Å². The number of carbonyl (C=O) groups excluding carboxylic acids is 2. The van der Waals surface area contributed by atoms with Gasteiger partial charge in [-0.1, -0.05) is 72.9 Å². The molecule has 1 aliphatic heterocycles. The Morgan fingerprint density at radius 3 is 1.88 bits per heavy atom. The minimum absolute atomic E-state index is 0.107. The van der Waals surface area contributed by atoms with Gasteiger partial charge >= 0.3 is 0 Å². The molecule has 3 rings (SSSR count). The molecule has 0 bridgehead atoms. The Balaban J connectivity index is 1.52. The van der Waals surface area contributed by atoms with Gasteiger partial charge in [0.1, 0.15) is 0 Å². The summed E-state index contributed by atoms with van der Waals surface area (Å²) in [7, 11) is 0. The third-order valence-electron chi connectivity index (χ3n) is 4.35. The van der Waals surface area contributed by atoms with Crippen LogP contribution in [-0.2, 0) is 0 Å². The zero-order valence-corrected chi connectivity index (χ0v) is 14.7. The van der Waals surface area contributed by atoms with E-state index in [4.69, 9.17) is 12.2 Å². The summed E-state index contributed by atoms with van der Waals surface area (Å²) in [5.41, 5.74) is 1.36. The maximum atomic E-state index is 12.4. The molecule has 0 N–H and O–H groups in total. The molecule has 0 aromatic heterocycles. The van der Waals surface area contributed by atoms with Crippen molar-refractivity contribution in [1.82, 2.24) is 9.80 Å². The minimum Gasteiger partial charge on any atom is -0.357 e. The topological polar surface area (TPSA) is 40.6 Å². The number of benzene rings is 2. The van der Waals surface area contributed by atoms with Gasteiger partial charge in [0.15, 0.2) is 10.8 Å². The Kier molecular flexibility index (Phi) is 5.68. The van der Waals surface area contributed by atoms with Gasteiger partial charge in [-0.05, 0) is 0 Å². The molecule has 128 valence electrons. The molecule has 0 unspecified atom stereocenters. The average molecular weight is 352 g/mol. The summed E-state index contributed by atoms with van der Waals surface area (Å²) in [6.45, 7) is 3.18. The van der Waals surface area contributed by atoms with Gasteiger partial charge in [0.2, 0.25) is 5.78 Å². The number of hydrogen-bond acceptors (Lipinski definition) is 4. The lowest BCUT2D eigenvalue weighted by Gasteiger charge is -2.35. The molecule has 0 aliphatic carbocycles. The van der Waals surface area contributed by atoms with Crippen molar-refractivity contribution < 1.29 is 9.59 Å². The van der Waals surface area contributed by atoms with Gasteiger partial charge in [0.25, 0.3) is 0 Å². The SMILES string of the molecule is O=C(CN1CCN(C(=S)C(=O)c2ccccc2)CC1)c1ccccc1. The van der Waals surface area contributed by atoms with Crippen LogP contribution < -0.4 is 0 Å². The van der Waals surface area contributed by atoms with E-state index in [2.05, 4.69) is 4.90 Å². The van der Waals surface area contributed by atoms with Crippen LogP contribution in [0.25, 0.3) is 0 Å². The van der Waals surface area contributed by atoms with E-state index < -0.39 is 0 Å². The first-order valence-electron chi connectivity index (χ1n) is 8.34. The fourth-order valence-corrected chi connectivity index (χ4v) is 3.18. The molecule has 0 saturated carbocycles. The van der Waals surface area contributed by atoms with Crippen LogP contribution in [0.3, 0.4) is 0 Å². The summed E-state index contributed by atoms with van der Waals surface area (Å²) in [5, 5.41) is 0. The second kappa shape index (κ2) is 8.14. The number of thiocarbonyl (C=S) groups is 1. The Labute approximate surface area is 153 Å². The number of Topliss-reactive ketones (excluding diaryl/α,β-unsaturated/α-hetero) is 2. The van der Waals surface area contributed by atoms with Crippen molar-refractivity contribution in [1.29, 1.82) is 0 Å². The molecule has 2 aromatic carbocycles. The largest absolute Gasteiger partial charge is 0.357 e. The van der Waals surface area contributed by atoms with Crippen LogP contribution in [0.4, 0.5) is 0 Å². The molecule has 5 heteroatoms. The van der Waals surface area contributed by atoms with Crippen LogP contribution in [0.2, 0.25) is 0 Å². The van der Waals surface area contributed by atoms with E-state index in [1.165, 1.54) is 0 Å². The molecule has 0 amide bonds. The van der Waals surface area contributed by atoms with E-state index in [-0.39, 0.29) is 11.6 Å². The summed E-state index contributed by atoms with van der Waals surface area (Å²) < 4.78 is 0. The molecule has 0 spiro atoms. The standard InChI is InChI=1S/C20H20N2O2S/c23-18(16-7-3-1-4-8-16)15-21-11-13-22(14-12-21)20(25)19(24)17-9-5-2-6-10-17/h1-10H,11-15H2. The number of hydrogen-bond donors (Lipinski definition) is 0. The van der Waals surface area contributed by atoms with Crippen molar-refractivity contribution in [2.75, 3.05) is 32.7 Å². The molecular weight excluding hydrogens is 332 g/mol. The minimum atomic E-state index is -0.107. The fraction of sp³-hybridized carbons (Fsp3) is 0.250. The molecule has 1 heterocycles. The van der Waals surface area contributed by atoms with Gasteiger partial charge in [-0.2, -0.15) is 0 Å². The zero-order chi connectivity index (χ0) is 17.6. The molecule has 1 aliphatic rings. The van der Waals surface area contributed by atoms with Crippen LogP contribution >= 0.6 is 12.2 Å². The zero-order valence-electron chi connectivity index (χ0n) is 13.9. The first-order valence-corrected chi connectivity index (χ1v) is 8.75.